The maximum absolute atomic E-state index is 12.4. The van der Waals surface area contributed by atoms with Crippen LogP contribution in [0.5, 0.6) is 0 Å². The fourth-order valence-electron chi connectivity index (χ4n) is 2.19. The molecule has 0 N–H and O–H groups in total. The highest BCUT2D eigenvalue weighted by Crippen LogP contribution is 2.29. The third-order valence-electron chi connectivity index (χ3n) is 3.39. The summed E-state index contributed by atoms with van der Waals surface area (Å²) in [6.07, 6.45) is 2.25. The second kappa shape index (κ2) is 7.71. The first-order valence-electron chi connectivity index (χ1n) is 6.68. The number of hydrogen-bond donors (Lipinski definition) is 0. The molecule has 18 heavy (non-hydrogen) atoms. The average molecular weight is 242 g/mol. The van der Waals surface area contributed by atoms with Gasteiger partial charge in [-0.3, -0.25) is 4.79 Å². The van der Waals surface area contributed by atoms with Crippen LogP contribution in [0.4, 0.5) is 0 Å². The summed E-state index contributed by atoms with van der Waals surface area (Å²) in [5.41, 5.74) is 1.14. The average Bonchev–Trinajstić information content (AvgIpc) is 2.40. The quantitative estimate of drug-likeness (QED) is 0.684. The summed E-state index contributed by atoms with van der Waals surface area (Å²) < 4.78 is 0. The predicted octanol–water partition coefficient (Wildman–Crippen LogP) is 4.19. The monoisotopic (exact) mass is 242 g/mol. The van der Waals surface area contributed by atoms with Gasteiger partial charge in [-0.25, -0.2) is 0 Å². The zero-order chi connectivity index (χ0) is 13.4. The highest BCUT2D eigenvalue weighted by atomic mass is 16.1. The van der Waals surface area contributed by atoms with Crippen molar-refractivity contribution in [3.8, 4) is 11.8 Å². The molecule has 0 fully saturated rings. The first-order valence-corrected chi connectivity index (χ1v) is 6.68. The van der Waals surface area contributed by atoms with Gasteiger partial charge in [0.15, 0.2) is 0 Å². The molecular formula is C17H22O. The lowest BCUT2D eigenvalue weighted by molar-refractivity contribution is -0.121. The number of rotatable bonds is 6. The predicted molar refractivity (Wildman–Crippen MR) is 76.3 cm³/mol. The Hall–Kier alpha value is -1.55. The van der Waals surface area contributed by atoms with E-state index in [0.717, 1.165) is 12.0 Å². The molecule has 0 aliphatic heterocycles. The molecule has 1 aromatic rings. The normalized spacial score (nSPS) is 13.3. The Bertz CT molecular complexity index is 422. The molecule has 0 aromatic heterocycles. The van der Waals surface area contributed by atoms with Crippen LogP contribution in [0.1, 0.15) is 51.5 Å². The minimum Gasteiger partial charge on any atom is -0.299 e. The molecule has 0 heterocycles. The van der Waals surface area contributed by atoms with Gasteiger partial charge in [-0.1, -0.05) is 50.6 Å². The summed E-state index contributed by atoms with van der Waals surface area (Å²) in [6, 6.07) is 10.1. The van der Waals surface area contributed by atoms with Gasteiger partial charge in [0.1, 0.15) is 5.78 Å². The van der Waals surface area contributed by atoms with E-state index in [2.05, 4.69) is 37.8 Å². The molecule has 0 saturated heterocycles. The molecule has 1 aromatic carbocycles. The van der Waals surface area contributed by atoms with Crippen LogP contribution < -0.4 is 0 Å². The van der Waals surface area contributed by atoms with Crippen molar-refractivity contribution in [2.24, 2.45) is 5.92 Å². The first kappa shape index (κ1) is 14.5. The molecule has 0 spiro atoms. The number of hydrogen-bond acceptors (Lipinski definition) is 1. The van der Waals surface area contributed by atoms with Gasteiger partial charge >= 0.3 is 0 Å². The van der Waals surface area contributed by atoms with Crippen molar-refractivity contribution in [2.75, 3.05) is 0 Å². The van der Waals surface area contributed by atoms with E-state index in [-0.39, 0.29) is 5.92 Å². The Balaban J connectivity index is 2.84. The summed E-state index contributed by atoms with van der Waals surface area (Å²) in [5.74, 6) is 6.54. The van der Waals surface area contributed by atoms with Crippen molar-refractivity contribution < 1.29 is 4.79 Å². The smallest absolute Gasteiger partial charge is 0.141 e. The van der Waals surface area contributed by atoms with Gasteiger partial charge in [0.25, 0.3) is 0 Å². The zero-order valence-electron chi connectivity index (χ0n) is 11.6. The highest BCUT2D eigenvalue weighted by molar-refractivity contribution is 5.86. The van der Waals surface area contributed by atoms with Crippen molar-refractivity contribution in [3.05, 3.63) is 35.9 Å². The number of carbonyl (C=O) groups excluding carboxylic acids is 1. The number of ketones is 1. The summed E-state index contributed by atoms with van der Waals surface area (Å²) in [5, 5.41) is 0. The Labute approximate surface area is 111 Å². The van der Waals surface area contributed by atoms with Gasteiger partial charge in [-0.05, 0) is 18.4 Å². The van der Waals surface area contributed by atoms with Gasteiger partial charge in [0.05, 0.1) is 0 Å². The van der Waals surface area contributed by atoms with Crippen LogP contribution in [0.25, 0.3) is 0 Å². The molecule has 0 aliphatic rings. The standard InChI is InChI=1S/C17H22O/c1-4-6-8-13-16(18)17(14(3)5-2)15-11-9-7-10-12-15/h7,9-12,14,17H,5,8,13H2,1-3H3. The second-order valence-electron chi connectivity index (χ2n) is 4.67. The Morgan fingerprint density at radius 1 is 1.28 bits per heavy atom. The van der Waals surface area contributed by atoms with E-state index in [1.165, 1.54) is 0 Å². The first-order chi connectivity index (χ1) is 8.70. The van der Waals surface area contributed by atoms with Gasteiger partial charge in [-0.2, -0.15) is 0 Å². The molecule has 1 nitrogen and oxygen atoms in total. The number of Topliss-reactive ketones (excluding diaryl/α,β-unsaturated/α-hetero) is 1. The van der Waals surface area contributed by atoms with E-state index in [9.17, 15) is 4.79 Å². The molecule has 2 unspecified atom stereocenters. The van der Waals surface area contributed by atoms with Gasteiger partial charge < -0.3 is 0 Å². The third-order valence-corrected chi connectivity index (χ3v) is 3.39. The van der Waals surface area contributed by atoms with E-state index >= 15 is 0 Å². The van der Waals surface area contributed by atoms with Crippen LogP contribution in [0.2, 0.25) is 0 Å². The van der Waals surface area contributed by atoms with E-state index in [0.29, 0.717) is 24.5 Å². The lowest BCUT2D eigenvalue weighted by atomic mass is 9.81. The Morgan fingerprint density at radius 3 is 2.50 bits per heavy atom. The van der Waals surface area contributed by atoms with E-state index in [1.54, 1.807) is 0 Å². The van der Waals surface area contributed by atoms with Crippen LogP contribution >= 0.6 is 0 Å². The highest BCUT2D eigenvalue weighted by Gasteiger charge is 2.24. The van der Waals surface area contributed by atoms with Gasteiger partial charge in [0, 0.05) is 18.8 Å². The Morgan fingerprint density at radius 2 is 1.94 bits per heavy atom. The number of benzene rings is 1. The molecule has 96 valence electrons. The minimum atomic E-state index is 0.0230. The molecule has 0 amide bonds. The van der Waals surface area contributed by atoms with Crippen molar-refractivity contribution >= 4 is 5.78 Å². The fraction of sp³-hybridized carbons (Fsp3) is 0.471. The summed E-state index contributed by atoms with van der Waals surface area (Å²) in [4.78, 5) is 12.4. The minimum absolute atomic E-state index is 0.0230. The molecule has 1 heteroatoms. The zero-order valence-corrected chi connectivity index (χ0v) is 11.6. The second-order valence-corrected chi connectivity index (χ2v) is 4.67. The molecule has 0 bridgehead atoms. The third kappa shape index (κ3) is 4.04. The van der Waals surface area contributed by atoms with Gasteiger partial charge in [-0.15, -0.1) is 11.8 Å². The van der Waals surface area contributed by atoms with Crippen LogP contribution in [-0.4, -0.2) is 5.78 Å². The maximum atomic E-state index is 12.4. The molecule has 2 atom stereocenters. The molecule has 0 aliphatic carbocycles. The van der Waals surface area contributed by atoms with Crippen LogP contribution in [0.15, 0.2) is 30.3 Å². The topological polar surface area (TPSA) is 17.1 Å². The van der Waals surface area contributed by atoms with Crippen molar-refractivity contribution in [1.29, 1.82) is 0 Å². The summed E-state index contributed by atoms with van der Waals surface area (Å²) in [7, 11) is 0. The van der Waals surface area contributed by atoms with Crippen LogP contribution in [-0.2, 0) is 4.79 Å². The lowest BCUT2D eigenvalue weighted by Crippen LogP contribution is -2.19. The van der Waals surface area contributed by atoms with E-state index in [4.69, 9.17) is 0 Å². The molecule has 1 rings (SSSR count). The lowest BCUT2D eigenvalue weighted by Gasteiger charge is -2.22. The molecule has 0 radical (unpaired) electrons. The van der Waals surface area contributed by atoms with Crippen molar-refractivity contribution in [2.45, 2.75) is 46.0 Å². The van der Waals surface area contributed by atoms with E-state index in [1.807, 2.05) is 25.1 Å². The van der Waals surface area contributed by atoms with Crippen LogP contribution in [0.3, 0.4) is 0 Å². The molecule has 0 saturated carbocycles. The fourth-order valence-corrected chi connectivity index (χ4v) is 2.19. The van der Waals surface area contributed by atoms with Crippen molar-refractivity contribution in [3.63, 3.8) is 0 Å². The summed E-state index contributed by atoms with van der Waals surface area (Å²) >= 11 is 0. The SMILES string of the molecule is CC#CCCC(=O)C(c1ccccc1)C(C)CC. The van der Waals surface area contributed by atoms with Crippen LogP contribution in [0, 0.1) is 17.8 Å². The number of carbonyl (C=O) groups is 1. The Kier molecular flexibility index (Phi) is 6.22. The largest absolute Gasteiger partial charge is 0.299 e. The maximum Gasteiger partial charge on any atom is 0.141 e. The van der Waals surface area contributed by atoms with Gasteiger partial charge in [0.2, 0.25) is 0 Å². The van der Waals surface area contributed by atoms with E-state index < -0.39 is 0 Å². The van der Waals surface area contributed by atoms with Crippen molar-refractivity contribution in [1.82, 2.24) is 0 Å². The molecular weight excluding hydrogens is 220 g/mol. The summed E-state index contributed by atoms with van der Waals surface area (Å²) in [6.45, 7) is 6.11.